The van der Waals surface area contributed by atoms with E-state index in [0.717, 1.165) is 23.9 Å². The average molecular weight is 381 g/mol. The molecule has 4 rings (SSSR count). The molecule has 136 valence electrons. The monoisotopic (exact) mass is 380 g/mol. The lowest BCUT2D eigenvalue weighted by Gasteiger charge is -2.21. The molecule has 27 heavy (non-hydrogen) atoms. The van der Waals surface area contributed by atoms with Gasteiger partial charge in [0.15, 0.2) is 0 Å². The molecule has 3 N–H and O–H groups in total. The third-order valence-electron chi connectivity index (χ3n) is 4.70. The number of hydrogen-bond donors (Lipinski definition) is 2. The van der Waals surface area contributed by atoms with E-state index in [1.54, 1.807) is 6.07 Å². The van der Waals surface area contributed by atoms with Gasteiger partial charge in [0.1, 0.15) is 17.5 Å². The summed E-state index contributed by atoms with van der Waals surface area (Å²) in [5, 5.41) is 14.3. The molecular weight excluding hydrogens is 364 g/mol. The van der Waals surface area contributed by atoms with Gasteiger partial charge in [-0.3, -0.25) is 4.79 Å². The molecule has 0 aliphatic heterocycles. The van der Waals surface area contributed by atoms with Gasteiger partial charge in [-0.25, -0.2) is 4.98 Å². The average Bonchev–Trinajstić information content (AvgIpc) is 3.46. The number of nitrogen functional groups attached to an aromatic ring is 1. The van der Waals surface area contributed by atoms with E-state index in [2.05, 4.69) is 15.3 Å². The second-order valence-corrected chi connectivity index (χ2v) is 7.06. The van der Waals surface area contributed by atoms with E-state index in [4.69, 9.17) is 17.3 Å². The largest absolute Gasteiger partial charge is 0.368 e. The van der Waals surface area contributed by atoms with Crippen molar-refractivity contribution in [2.75, 3.05) is 11.1 Å². The summed E-state index contributed by atoms with van der Waals surface area (Å²) in [5.74, 6) is 0.423. The minimum atomic E-state index is -0.275. The number of nitrogens with two attached hydrogens (primary N) is 1. The Bertz CT molecular complexity index is 1150. The van der Waals surface area contributed by atoms with E-state index in [9.17, 15) is 10.1 Å². The van der Waals surface area contributed by atoms with Crippen LogP contribution in [0.3, 0.4) is 0 Å². The first-order chi connectivity index (χ1) is 13.0. The Labute approximate surface area is 160 Å². The van der Waals surface area contributed by atoms with Crippen LogP contribution in [0.1, 0.15) is 43.1 Å². The maximum absolute atomic E-state index is 13.1. The molecule has 1 aliphatic carbocycles. The van der Waals surface area contributed by atoms with Crippen LogP contribution >= 0.6 is 11.6 Å². The summed E-state index contributed by atoms with van der Waals surface area (Å²) >= 11 is 6.28. The first kappa shape index (κ1) is 17.3. The van der Waals surface area contributed by atoms with Crippen LogP contribution < -0.4 is 16.6 Å². The van der Waals surface area contributed by atoms with Crippen molar-refractivity contribution >= 4 is 34.1 Å². The molecule has 0 amide bonds. The maximum Gasteiger partial charge on any atom is 0.260 e. The molecule has 1 aromatic carbocycles. The fourth-order valence-electron chi connectivity index (χ4n) is 3.26. The van der Waals surface area contributed by atoms with E-state index in [0.29, 0.717) is 21.8 Å². The SMILES string of the molecule is CC(Nc1nc(N)ncc1C#N)c1cc2cccc(Cl)c2c(=O)n1C1CC1. The second-order valence-electron chi connectivity index (χ2n) is 6.65. The molecule has 0 spiro atoms. The summed E-state index contributed by atoms with van der Waals surface area (Å²) in [6, 6.07) is 9.34. The molecule has 7 nitrogen and oxygen atoms in total. The highest BCUT2D eigenvalue weighted by Crippen LogP contribution is 2.37. The fraction of sp³-hybridized carbons (Fsp3) is 0.263. The molecule has 1 aliphatic rings. The third-order valence-corrected chi connectivity index (χ3v) is 5.01. The number of rotatable bonds is 4. The highest BCUT2D eigenvalue weighted by molar-refractivity contribution is 6.35. The van der Waals surface area contributed by atoms with Crippen molar-refractivity contribution in [2.45, 2.75) is 31.8 Å². The van der Waals surface area contributed by atoms with Gasteiger partial charge in [0.2, 0.25) is 5.95 Å². The number of fused-ring (bicyclic) bond motifs is 1. The Morgan fingerprint density at radius 1 is 1.44 bits per heavy atom. The zero-order valence-electron chi connectivity index (χ0n) is 14.6. The first-order valence-electron chi connectivity index (χ1n) is 8.62. The molecule has 3 aromatic rings. The van der Waals surface area contributed by atoms with Crippen LogP contribution in [0.4, 0.5) is 11.8 Å². The van der Waals surface area contributed by atoms with Gasteiger partial charge in [-0.2, -0.15) is 10.2 Å². The molecule has 0 saturated heterocycles. The number of hydrogen-bond acceptors (Lipinski definition) is 6. The molecule has 0 radical (unpaired) electrons. The van der Waals surface area contributed by atoms with E-state index in [-0.39, 0.29) is 23.6 Å². The molecule has 1 unspecified atom stereocenters. The summed E-state index contributed by atoms with van der Waals surface area (Å²) in [7, 11) is 0. The molecule has 1 saturated carbocycles. The quantitative estimate of drug-likeness (QED) is 0.717. The maximum atomic E-state index is 13.1. The van der Waals surface area contributed by atoms with Gasteiger partial charge in [0, 0.05) is 11.7 Å². The lowest BCUT2D eigenvalue weighted by atomic mass is 10.1. The fourth-order valence-corrected chi connectivity index (χ4v) is 3.53. The number of benzene rings is 1. The van der Waals surface area contributed by atoms with Gasteiger partial charge >= 0.3 is 0 Å². The van der Waals surface area contributed by atoms with Gasteiger partial charge in [0.25, 0.3) is 5.56 Å². The lowest BCUT2D eigenvalue weighted by Crippen LogP contribution is -2.26. The van der Waals surface area contributed by atoms with Gasteiger partial charge in [0.05, 0.1) is 22.6 Å². The number of anilines is 2. The van der Waals surface area contributed by atoms with Gasteiger partial charge in [-0.15, -0.1) is 0 Å². The summed E-state index contributed by atoms with van der Waals surface area (Å²) in [6.07, 6.45) is 3.30. The van der Waals surface area contributed by atoms with Gasteiger partial charge in [-0.1, -0.05) is 23.7 Å². The summed E-state index contributed by atoms with van der Waals surface area (Å²) in [4.78, 5) is 21.1. The second kappa shape index (κ2) is 6.56. The van der Waals surface area contributed by atoms with E-state index >= 15 is 0 Å². The predicted molar refractivity (Wildman–Crippen MR) is 105 cm³/mol. The topological polar surface area (TPSA) is 110 Å². The Hall–Kier alpha value is -3.11. The van der Waals surface area contributed by atoms with Crippen molar-refractivity contribution in [2.24, 2.45) is 0 Å². The van der Waals surface area contributed by atoms with Crippen molar-refractivity contribution in [3.63, 3.8) is 0 Å². The van der Waals surface area contributed by atoms with Crippen molar-refractivity contribution in [1.82, 2.24) is 14.5 Å². The third kappa shape index (κ3) is 3.09. The highest BCUT2D eigenvalue weighted by Gasteiger charge is 2.29. The van der Waals surface area contributed by atoms with E-state index in [1.807, 2.05) is 35.8 Å². The minimum Gasteiger partial charge on any atom is -0.368 e. The van der Waals surface area contributed by atoms with Crippen molar-refractivity contribution in [3.05, 3.63) is 57.1 Å². The highest BCUT2D eigenvalue weighted by atomic mass is 35.5. The van der Waals surface area contributed by atoms with Gasteiger partial charge in [-0.05, 0) is 37.3 Å². The first-order valence-corrected chi connectivity index (χ1v) is 9.00. The van der Waals surface area contributed by atoms with Crippen LogP contribution in [-0.4, -0.2) is 14.5 Å². The van der Waals surface area contributed by atoms with E-state index in [1.165, 1.54) is 6.20 Å². The van der Waals surface area contributed by atoms with Crippen LogP contribution in [0.15, 0.2) is 35.3 Å². The number of aromatic nitrogens is 3. The van der Waals surface area contributed by atoms with Crippen LogP contribution in [0.2, 0.25) is 5.02 Å². The number of pyridine rings is 1. The van der Waals surface area contributed by atoms with Crippen LogP contribution in [0.25, 0.3) is 10.8 Å². The molecule has 1 atom stereocenters. The summed E-state index contributed by atoms with van der Waals surface area (Å²) in [5.41, 5.74) is 6.68. The molecule has 8 heteroatoms. The Morgan fingerprint density at radius 2 is 2.22 bits per heavy atom. The Kier molecular flexibility index (Phi) is 4.21. The Morgan fingerprint density at radius 3 is 2.93 bits per heavy atom. The van der Waals surface area contributed by atoms with E-state index < -0.39 is 0 Å². The predicted octanol–water partition coefficient (Wildman–Crippen LogP) is 3.41. The Balaban J connectivity index is 1.84. The summed E-state index contributed by atoms with van der Waals surface area (Å²) < 4.78 is 1.81. The number of nitrogens with one attached hydrogen (secondary N) is 1. The van der Waals surface area contributed by atoms with Crippen molar-refractivity contribution in [1.29, 1.82) is 5.26 Å². The molecule has 2 heterocycles. The van der Waals surface area contributed by atoms with Crippen molar-refractivity contribution in [3.8, 4) is 6.07 Å². The molecule has 1 fully saturated rings. The lowest BCUT2D eigenvalue weighted by molar-refractivity contribution is 0.636. The number of halogens is 1. The van der Waals surface area contributed by atoms with Crippen molar-refractivity contribution < 1.29 is 0 Å². The standard InChI is InChI=1S/C19H17ClN6O/c1-10(24-17-12(8-21)9-23-19(22)25-17)15-7-11-3-2-4-14(20)16(11)18(27)26(15)13-5-6-13/h2-4,7,9-10,13H,5-6H2,1H3,(H3,22,23,24,25). The minimum absolute atomic E-state index is 0.0774. The van der Waals surface area contributed by atoms with Crippen LogP contribution in [0.5, 0.6) is 0 Å². The van der Waals surface area contributed by atoms with Crippen LogP contribution in [0, 0.1) is 11.3 Å². The molecule has 2 aromatic heterocycles. The van der Waals surface area contributed by atoms with Crippen LogP contribution in [-0.2, 0) is 0 Å². The smallest absolute Gasteiger partial charge is 0.260 e. The summed E-state index contributed by atoms with van der Waals surface area (Å²) in [6.45, 7) is 1.92. The molecule has 0 bridgehead atoms. The number of nitrogens with zero attached hydrogens (tertiary/aromatic N) is 4. The van der Waals surface area contributed by atoms with Gasteiger partial charge < -0.3 is 15.6 Å². The zero-order valence-corrected chi connectivity index (χ0v) is 15.4. The normalized spacial score (nSPS) is 14.7. The molecular formula is C19H17ClN6O. The number of nitriles is 1. The zero-order chi connectivity index (χ0) is 19.1.